The molecule has 0 aliphatic heterocycles. The van der Waals surface area contributed by atoms with Gasteiger partial charge in [0.2, 0.25) is 5.82 Å². The maximum atomic E-state index is 13.1. The molecule has 3 aromatic carbocycles. The van der Waals surface area contributed by atoms with Crippen molar-refractivity contribution in [3.05, 3.63) is 96.3 Å². The number of carbonyl (C=O) groups is 1. The van der Waals surface area contributed by atoms with Crippen molar-refractivity contribution in [3.63, 3.8) is 0 Å². The lowest BCUT2D eigenvalue weighted by Crippen LogP contribution is -2.27. The van der Waals surface area contributed by atoms with Gasteiger partial charge in [0.05, 0.1) is 12.8 Å². The van der Waals surface area contributed by atoms with Gasteiger partial charge in [-0.3, -0.25) is 4.79 Å². The number of methoxy groups -OCH3 is 1. The maximum Gasteiger partial charge on any atom is 0.293 e. The molecule has 150 valence electrons. The second kappa shape index (κ2) is 8.61. The molecule has 1 amide bonds. The van der Waals surface area contributed by atoms with E-state index in [1.54, 1.807) is 23.7 Å². The minimum absolute atomic E-state index is 0.156. The van der Waals surface area contributed by atoms with Crippen LogP contribution in [0.15, 0.2) is 84.9 Å². The second-order valence-corrected chi connectivity index (χ2v) is 6.89. The fourth-order valence-corrected chi connectivity index (χ4v) is 3.21. The quantitative estimate of drug-likeness (QED) is 0.488. The van der Waals surface area contributed by atoms with Crippen LogP contribution in [0.2, 0.25) is 0 Å². The van der Waals surface area contributed by atoms with Gasteiger partial charge in [-0.05, 0) is 29.8 Å². The molecule has 0 aliphatic carbocycles. The smallest absolute Gasteiger partial charge is 0.293 e. The topological polar surface area (TPSA) is 60.2 Å². The number of hydrogen-bond acceptors (Lipinski definition) is 4. The third-order valence-corrected chi connectivity index (χ3v) is 4.73. The predicted molar refractivity (Wildman–Crippen MR) is 116 cm³/mol. The summed E-state index contributed by atoms with van der Waals surface area (Å²) in [5.74, 6) is 1.29. The van der Waals surface area contributed by atoms with Crippen LogP contribution in [0.25, 0.3) is 17.1 Å². The zero-order valence-electron chi connectivity index (χ0n) is 16.9. The lowest BCUT2D eigenvalue weighted by molar-refractivity contribution is 0.0773. The summed E-state index contributed by atoms with van der Waals surface area (Å²) < 4.78 is 6.98. The van der Waals surface area contributed by atoms with E-state index in [4.69, 9.17) is 4.74 Å². The molecule has 30 heavy (non-hydrogen) atoms. The fourth-order valence-electron chi connectivity index (χ4n) is 3.21. The zero-order chi connectivity index (χ0) is 20.9. The molecule has 1 heterocycles. The van der Waals surface area contributed by atoms with E-state index in [0.29, 0.717) is 12.4 Å². The first-order chi connectivity index (χ1) is 14.7. The Morgan fingerprint density at radius 1 is 0.967 bits per heavy atom. The summed E-state index contributed by atoms with van der Waals surface area (Å²) in [6.07, 6.45) is 0. The molecule has 0 aliphatic rings. The Balaban J connectivity index is 1.66. The number of benzene rings is 3. The second-order valence-electron chi connectivity index (χ2n) is 6.89. The molecular formula is C24H22N4O2. The molecule has 6 nitrogen and oxygen atoms in total. The van der Waals surface area contributed by atoms with Crippen molar-refractivity contribution in [1.29, 1.82) is 0 Å². The summed E-state index contributed by atoms with van der Waals surface area (Å²) in [5, 5.41) is 4.54. The van der Waals surface area contributed by atoms with E-state index in [1.165, 1.54) is 0 Å². The van der Waals surface area contributed by atoms with E-state index in [2.05, 4.69) is 10.1 Å². The number of amides is 1. The van der Waals surface area contributed by atoms with Gasteiger partial charge in [0.15, 0.2) is 5.82 Å². The fraction of sp³-hybridized carbons (Fsp3) is 0.125. The first kappa shape index (κ1) is 19.4. The molecule has 0 spiro atoms. The highest BCUT2D eigenvalue weighted by Gasteiger charge is 2.21. The van der Waals surface area contributed by atoms with Crippen molar-refractivity contribution in [1.82, 2.24) is 19.7 Å². The van der Waals surface area contributed by atoms with Crippen LogP contribution in [0.3, 0.4) is 0 Å². The largest absolute Gasteiger partial charge is 0.497 e. The molecule has 0 atom stereocenters. The monoisotopic (exact) mass is 398 g/mol. The van der Waals surface area contributed by atoms with Gasteiger partial charge in [-0.25, -0.2) is 9.67 Å². The van der Waals surface area contributed by atoms with E-state index >= 15 is 0 Å². The number of rotatable bonds is 6. The zero-order valence-corrected chi connectivity index (χ0v) is 16.9. The molecule has 0 saturated carbocycles. The van der Waals surface area contributed by atoms with Crippen LogP contribution in [0, 0.1) is 0 Å². The van der Waals surface area contributed by atoms with Crippen LogP contribution < -0.4 is 4.74 Å². The summed E-state index contributed by atoms with van der Waals surface area (Å²) in [7, 11) is 3.37. The Morgan fingerprint density at radius 3 is 2.37 bits per heavy atom. The maximum absolute atomic E-state index is 13.1. The van der Waals surface area contributed by atoms with Crippen LogP contribution in [0.1, 0.15) is 16.2 Å². The van der Waals surface area contributed by atoms with Gasteiger partial charge < -0.3 is 9.64 Å². The molecule has 0 bridgehead atoms. The van der Waals surface area contributed by atoms with Crippen LogP contribution in [0.4, 0.5) is 0 Å². The van der Waals surface area contributed by atoms with Crippen molar-refractivity contribution in [2.45, 2.75) is 6.54 Å². The van der Waals surface area contributed by atoms with Crippen molar-refractivity contribution in [2.24, 2.45) is 0 Å². The van der Waals surface area contributed by atoms with E-state index in [0.717, 1.165) is 22.6 Å². The minimum Gasteiger partial charge on any atom is -0.497 e. The highest BCUT2D eigenvalue weighted by atomic mass is 16.5. The van der Waals surface area contributed by atoms with E-state index < -0.39 is 0 Å². The highest BCUT2D eigenvalue weighted by Crippen LogP contribution is 2.22. The van der Waals surface area contributed by atoms with Gasteiger partial charge in [0.1, 0.15) is 5.75 Å². The van der Waals surface area contributed by atoms with Crippen LogP contribution in [-0.2, 0) is 6.54 Å². The Labute approximate surface area is 175 Å². The van der Waals surface area contributed by atoms with Gasteiger partial charge in [-0.2, -0.15) is 0 Å². The van der Waals surface area contributed by atoms with Gasteiger partial charge in [0.25, 0.3) is 5.91 Å². The summed E-state index contributed by atoms with van der Waals surface area (Å²) in [4.78, 5) is 19.3. The van der Waals surface area contributed by atoms with Gasteiger partial charge in [0, 0.05) is 19.2 Å². The molecule has 0 unspecified atom stereocenters. The molecule has 4 rings (SSSR count). The van der Waals surface area contributed by atoms with Crippen molar-refractivity contribution in [3.8, 4) is 22.8 Å². The molecule has 0 fully saturated rings. The summed E-state index contributed by atoms with van der Waals surface area (Å²) in [6.45, 7) is 0.427. The lowest BCUT2D eigenvalue weighted by atomic mass is 10.2. The molecule has 1 aromatic heterocycles. The van der Waals surface area contributed by atoms with Crippen LogP contribution in [-0.4, -0.2) is 39.7 Å². The first-order valence-electron chi connectivity index (χ1n) is 9.62. The molecule has 0 saturated heterocycles. The Morgan fingerprint density at radius 2 is 1.67 bits per heavy atom. The highest BCUT2D eigenvalue weighted by molar-refractivity contribution is 5.90. The third-order valence-electron chi connectivity index (χ3n) is 4.73. The van der Waals surface area contributed by atoms with Gasteiger partial charge >= 0.3 is 0 Å². The van der Waals surface area contributed by atoms with Crippen molar-refractivity contribution >= 4 is 5.91 Å². The Hall–Kier alpha value is -3.93. The van der Waals surface area contributed by atoms with Crippen molar-refractivity contribution < 1.29 is 9.53 Å². The summed E-state index contributed by atoms with van der Waals surface area (Å²) in [5.41, 5.74) is 2.71. The standard InChI is InChI=1S/C24H22N4O2/c1-27(17-18-10-9-15-21(16-18)30-2)24(29)22-25-23(19-11-5-3-6-12-19)28(26-22)20-13-7-4-8-14-20/h3-16H,17H2,1-2H3. The number of para-hydroxylation sites is 1. The van der Waals surface area contributed by atoms with Crippen LogP contribution in [0.5, 0.6) is 5.75 Å². The first-order valence-corrected chi connectivity index (χ1v) is 9.62. The van der Waals surface area contributed by atoms with Gasteiger partial charge in [-0.15, -0.1) is 5.10 Å². The number of hydrogen-bond donors (Lipinski definition) is 0. The Bertz CT molecular complexity index is 1080. The number of carbonyl (C=O) groups excluding carboxylic acids is 1. The summed E-state index contributed by atoms with van der Waals surface area (Å²) in [6, 6.07) is 27.1. The SMILES string of the molecule is COc1cccc(CN(C)C(=O)c2nc(-c3ccccc3)n(-c3ccccc3)n2)c1. The van der Waals surface area contributed by atoms with E-state index in [-0.39, 0.29) is 11.7 Å². The predicted octanol–water partition coefficient (Wildman–Crippen LogP) is 4.22. The molecule has 4 aromatic rings. The van der Waals surface area contributed by atoms with Crippen molar-refractivity contribution in [2.75, 3.05) is 14.2 Å². The average Bonchev–Trinajstić information content (AvgIpc) is 3.25. The average molecular weight is 398 g/mol. The van der Waals surface area contributed by atoms with Crippen LogP contribution >= 0.6 is 0 Å². The van der Waals surface area contributed by atoms with Gasteiger partial charge in [-0.1, -0.05) is 60.7 Å². The van der Waals surface area contributed by atoms with E-state index in [9.17, 15) is 4.79 Å². The third kappa shape index (κ3) is 4.07. The number of ether oxygens (including phenoxy) is 1. The number of aromatic nitrogens is 3. The minimum atomic E-state index is -0.246. The normalized spacial score (nSPS) is 10.6. The summed E-state index contributed by atoms with van der Waals surface area (Å²) >= 11 is 0. The molecular weight excluding hydrogens is 376 g/mol. The molecule has 6 heteroatoms. The molecule has 0 N–H and O–H groups in total. The molecule has 0 radical (unpaired) electrons. The lowest BCUT2D eigenvalue weighted by Gasteiger charge is -2.15. The Kier molecular flexibility index (Phi) is 5.57. The number of nitrogens with zero attached hydrogens (tertiary/aromatic N) is 4. The van der Waals surface area contributed by atoms with E-state index in [1.807, 2.05) is 84.9 Å².